The highest BCUT2D eigenvalue weighted by atomic mass is 79.9. The van der Waals surface area contributed by atoms with Crippen LogP contribution < -0.4 is 5.32 Å². The van der Waals surface area contributed by atoms with Gasteiger partial charge in [-0.25, -0.2) is 0 Å². The predicted molar refractivity (Wildman–Crippen MR) is 116 cm³/mol. The highest BCUT2D eigenvalue weighted by Gasteiger charge is 2.24. The van der Waals surface area contributed by atoms with Crippen LogP contribution in [0.1, 0.15) is 57.4 Å². The van der Waals surface area contributed by atoms with E-state index < -0.39 is 0 Å². The number of halogens is 2. The molecule has 1 amide bonds. The Morgan fingerprint density at radius 1 is 1.15 bits per heavy atom. The van der Waals surface area contributed by atoms with Crippen molar-refractivity contribution in [3.05, 3.63) is 33.3 Å². The van der Waals surface area contributed by atoms with Crippen LogP contribution in [0.5, 0.6) is 0 Å². The fourth-order valence-electron chi connectivity index (χ4n) is 4.67. The molecule has 1 aromatic rings. The van der Waals surface area contributed by atoms with Gasteiger partial charge in [-0.3, -0.25) is 4.79 Å². The Kier molecular flexibility index (Phi) is 8.04. The number of hydrogen-bond acceptors (Lipinski definition) is 2. The fraction of sp³-hybridized carbons (Fsp3) is 0.682. The summed E-state index contributed by atoms with van der Waals surface area (Å²) in [7, 11) is 0. The van der Waals surface area contributed by atoms with E-state index in [0.29, 0.717) is 6.04 Å². The second kappa shape index (κ2) is 10.3. The molecule has 0 atom stereocenters. The van der Waals surface area contributed by atoms with Gasteiger partial charge in [0.25, 0.3) is 0 Å². The van der Waals surface area contributed by atoms with Crippen LogP contribution in [0, 0.1) is 11.8 Å². The summed E-state index contributed by atoms with van der Waals surface area (Å²) in [5, 5.41) is 3.91. The molecule has 150 valence electrons. The Morgan fingerprint density at radius 2 is 1.85 bits per heavy atom. The highest BCUT2D eigenvalue weighted by Crippen LogP contribution is 2.30. The van der Waals surface area contributed by atoms with E-state index in [1.807, 2.05) is 6.07 Å². The first-order valence-corrected chi connectivity index (χ1v) is 11.6. The molecule has 1 aliphatic carbocycles. The molecule has 0 spiro atoms. The average Bonchev–Trinajstić information content (AvgIpc) is 2.65. The van der Waals surface area contributed by atoms with Gasteiger partial charge >= 0.3 is 0 Å². The quantitative estimate of drug-likeness (QED) is 0.619. The van der Waals surface area contributed by atoms with Crippen molar-refractivity contribution in [1.82, 2.24) is 10.2 Å². The maximum Gasteiger partial charge on any atom is 0.217 e. The zero-order chi connectivity index (χ0) is 19.2. The number of amides is 1. The van der Waals surface area contributed by atoms with Crippen molar-refractivity contribution in [1.29, 1.82) is 0 Å². The molecule has 0 bridgehead atoms. The molecule has 2 fully saturated rings. The lowest BCUT2D eigenvalue weighted by atomic mass is 9.83. The summed E-state index contributed by atoms with van der Waals surface area (Å²) in [5.74, 6) is 1.73. The molecule has 1 N–H and O–H groups in total. The molecule has 1 aromatic carbocycles. The van der Waals surface area contributed by atoms with Crippen molar-refractivity contribution in [2.45, 2.75) is 64.3 Å². The maximum atomic E-state index is 11.2. The zero-order valence-electron chi connectivity index (χ0n) is 16.4. The number of rotatable bonds is 6. The summed E-state index contributed by atoms with van der Waals surface area (Å²) in [6.07, 6.45) is 9.86. The Morgan fingerprint density at radius 3 is 2.52 bits per heavy atom. The van der Waals surface area contributed by atoms with Gasteiger partial charge < -0.3 is 10.2 Å². The molecule has 3 rings (SSSR count). The smallest absolute Gasteiger partial charge is 0.217 e. The van der Waals surface area contributed by atoms with Gasteiger partial charge in [-0.1, -0.05) is 27.5 Å². The molecule has 27 heavy (non-hydrogen) atoms. The SMILES string of the molecule is CC(=O)N[C@H]1CC[C@H](CCN2CCC(Cc3cc(Cl)ccc3Br)CC2)CC1. The summed E-state index contributed by atoms with van der Waals surface area (Å²) >= 11 is 9.82. The second-order valence-electron chi connectivity index (χ2n) is 8.43. The summed E-state index contributed by atoms with van der Waals surface area (Å²) in [6.45, 7) is 5.32. The van der Waals surface area contributed by atoms with E-state index in [1.54, 1.807) is 6.92 Å². The van der Waals surface area contributed by atoms with Crippen LogP contribution in [0.15, 0.2) is 22.7 Å². The topological polar surface area (TPSA) is 32.3 Å². The molecule has 0 unspecified atom stereocenters. The summed E-state index contributed by atoms with van der Waals surface area (Å²) in [5.41, 5.74) is 1.34. The van der Waals surface area contributed by atoms with Crippen molar-refractivity contribution >= 4 is 33.4 Å². The number of carbonyl (C=O) groups is 1. The number of nitrogens with zero attached hydrogens (tertiary/aromatic N) is 1. The van der Waals surface area contributed by atoms with E-state index in [4.69, 9.17) is 11.6 Å². The van der Waals surface area contributed by atoms with E-state index in [9.17, 15) is 4.79 Å². The molecule has 1 saturated carbocycles. The van der Waals surface area contributed by atoms with E-state index in [2.05, 4.69) is 38.3 Å². The zero-order valence-corrected chi connectivity index (χ0v) is 18.7. The number of nitrogens with one attached hydrogen (secondary N) is 1. The first-order chi connectivity index (χ1) is 13.0. The largest absolute Gasteiger partial charge is 0.354 e. The molecule has 1 saturated heterocycles. The van der Waals surface area contributed by atoms with Crippen molar-refractivity contribution < 1.29 is 4.79 Å². The third kappa shape index (κ3) is 6.76. The van der Waals surface area contributed by atoms with Crippen molar-refractivity contribution in [3.63, 3.8) is 0 Å². The van der Waals surface area contributed by atoms with Crippen molar-refractivity contribution in [3.8, 4) is 0 Å². The highest BCUT2D eigenvalue weighted by molar-refractivity contribution is 9.10. The molecular weight excluding hydrogens is 424 g/mol. The van der Waals surface area contributed by atoms with Crippen LogP contribution in [0.3, 0.4) is 0 Å². The maximum absolute atomic E-state index is 11.2. The van der Waals surface area contributed by atoms with Crippen molar-refractivity contribution in [2.75, 3.05) is 19.6 Å². The first-order valence-electron chi connectivity index (χ1n) is 10.4. The summed E-state index contributed by atoms with van der Waals surface area (Å²) < 4.78 is 1.18. The van der Waals surface area contributed by atoms with E-state index in [1.165, 1.54) is 61.8 Å². The number of piperidine rings is 1. The van der Waals surface area contributed by atoms with Crippen LogP contribution in [-0.2, 0) is 11.2 Å². The van der Waals surface area contributed by atoms with Crippen LogP contribution in [0.2, 0.25) is 5.02 Å². The normalized spacial score (nSPS) is 24.7. The monoisotopic (exact) mass is 454 g/mol. The molecule has 5 heteroatoms. The number of likely N-dealkylation sites (tertiary alicyclic amines) is 1. The number of hydrogen-bond donors (Lipinski definition) is 1. The minimum atomic E-state index is 0.117. The minimum Gasteiger partial charge on any atom is -0.354 e. The molecule has 1 aliphatic heterocycles. The Bertz CT molecular complexity index is 623. The lowest BCUT2D eigenvalue weighted by Gasteiger charge is -2.34. The van der Waals surface area contributed by atoms with Gasteiger partial charge in [-0.05, 0) is 107 Å². The van der Waals surface area contributed by atoms with E-state index >= 15 is 0 Å². The molecule has 3 nitrogen and oxygen atoms in total. The van der Waals surface area contributed by atoms with Crippen LogP contribution in [0.4, 0.5) is 0 Å². The van der Waals surface area contributed by atoms with Gasteiger partial charge in [0.15, 0.2) is 0 Å². The van der Waals surface area contributed by atoms with E-state index in [0.717, 1.165) is 36.1 Å². The lowest BCUT2D eigenvalue weighted by Crippen LogP contribution is -2.38. The standard InChI is InChI=1S/C22H32BrClN2O/c1-16(27)25-21-5-2-17(3-6-21)8-11-26-12-9-18(10-13-26)14-19-15-20(24)4-7-22(19)23/h4,7,15,17-18,21H,2-3,5-6,8-14H2,1H3,(H,25,27)/t17-,21-. The van der Waals surface area contributed by atoms with Gasteiger partial charge in [0, 0.05) is 22.5 Å². The molecule has 0 aromatic heterocycles. The van der Waals surface area contributed by atoms with E-state index in [-0.39, 0.29) is 5.91 Å². The molecule has 0 radical (unpaired) electrons. The lowest BCUT2D eigenvalue weighted by molar-refractivity contribution is -0.119. The Labute approximate surface area is 177 Å². The van der Waals surface area contributed by atoms with Gasteiger partial charge in [-0.2, -0.15) is 0 Å². The van der Waals surface area contributed by atoms with Gasteiger partial charge in [0.1, 0.15) is 0 Å². The minimum absolute atomic E-state index is 0.117. The number of carbonyl (C=O) groups excluding carboxylic acids is 1. The van der Waals surface area contributed by atoms with Crippen LogP contribution in [0.25, 0.3) is 0 Å². The van der Waals surface area contributed by atoms with Gasteiger partial charge in [0.2, 0.25) is 5.91 Å². The summed E-state index contributed by atoms with van der Waals surface area (Å²) in [6, 6.07) is 6.53. The Hall–Kier alpha value is -0.580. The molecule has 2 aliphatic rings. The summed E-state index contributed by atoms with van der Waals surface area (Å²) in [4.78, 5) is 13.8. The van der Waals surface area contributed by atoms with Crippen LogP contribution in [-0.4, -0.2) is 36.5 Å². The average molecular weight is 456 g/mol. The van der Waals surface area contributed by atoms with Crippen molar-refractivity contribution in [2.24, 2.45) is 11.8 Å². The van der Waals surface area contributed by atoms with Crippen LogP contribution >= 0.6 is 27.5 Å². The van der Waals surface area contributed by atoms with Gasteiger partial charge in [-0.15, -0.1) is 0 Å². The Balaban J connectivity index is 1.34. The third-order valence-corrected chi connectivity index (χ3v) is 7.34. The number of benzene rings is 1. The predicted octanol–water partition coefficient (Wildman–Crippen LogP) is 5.44. The second-order valence-corrected chi connectivity index (χ2v) is 9.72. The first kappa shape index (κ1) is 21.1. The molecular formula is C22H32BrClN2O. The third-order valence-electron chi connectivity index (χ3n) is 6.33. The van der Waals surface area contributed by atoms with Gasteiger partial charge in [0.05, 0.1) is 0 Å². The fourth-order valence-corrected chi connectivity index (χ4v) is 5.28. The molecule has 1 heterocycles.